The molecular formula is C22H23F6N3O3S2. The molecule has 198 valence electrons. The Labute approximate surface area is 209 Å². The fraction of sp³-hybridized carbons (Fsp3) is 0.364. The number of nitrogens with zero attached hydrogens (tertiary/aromatic N) is 1. The monoisotopic (exact) mass is 555 g/mol. The van der Waals surface area contributed by atoms with Gasteiger partial charge in [-0.2, -0.15) is 30.6 Å². The van der Waals surface area contributed by atoms with Crippen LogP contribution in [0.4, 0.5) is 32.0 Å². The van der Waals surface area contributed by atoms with Crippen molar-refractivity contribution < 1.29 is 39.6 Å². The van der Waals surface area contributed by atoms with E-state index in [0.717, 1.165) is 0 Å². The maximum atomic E-state index is 13.0. The molecular weight excluding hydrogens is 532 g/mol. The van der Waals surface area contributed by atoms with E-state index in [1.165, 1.54) is 28.6 Å². The largest absolute Gasteiger partial charge is 0.416 e. The molecule has 1 amide bonds. The number of amides is 1. The highest BCUT2D eigenvalue weighted by Gasteiger charge is 2.37. The molecule has 14 heteroatoms. The number of carbonyl (C=O) groups is 1. The summed E-state index contributed by atoms with van der Waals surface area (Å²) in [5, 5.41) is 3.73. The molecule has 0 spiro atoms. The maximum absolute atomic E-state index is 13.0. The van der Waals surface area contributed by atoms with Gasteiger partial charge in [-0.05, 0) is 67.5 Å². The molecule has 0 saturated heterocycles. The van der Waals surface area contributed by atoms with Crippen LogP contribution < -0.4 is 10.6 Å². The molecule has 2 N–H and O–H groups in total. The van der Waals surface area contributed by atoms with E-state index < -0.39 is 50.2 Å². The Morgan fingerprint density at radius 2 is 1.36 bits per heavy atom. The van der Waals surface area contributed by atoms with Crippen molar-refractivity contribution in [2.45, 2.75) is 43.9 Å². The molecule has 0 aliphatic carbocycles. The lowest BCUT2D eigenvalue weighted by molar-refractivity contribution is -0.143. The Morgan fingerprint density at radius 3 is 1.78 bits per heavy atom. The zero-order valence-electron chi connectivity index (χ0n) is 19.1. The quantitative estimate of drug-likeness (QED) is 0.325. The molecule has 0 fully saturated rings. The summed E-state index contributed by atoms with van der Waals surface area (Å²) in [7, 11) is -3.78. The van der Waals surface area contributed by atoms with Gasteiger partial charge >= 0.3 is 12.4 Å². The van der Waals surface area contributed by atoms with Crippen LogP contribution in [0.25, 0.3) is 0 Å². The van der Waals surface area contributed by atoms with Gasteiger partial charge in [-0.1, -0.05) is 13.8 Å². The van der Waals surface area contributed by atoms with E-state index in [2.05, 4.69) is 10.6 Å². The van der Waals surface area contributed by atoms with Crippen molar-refractivity contribution in [2.75, 3.05) is 18.4 Å². The molecule has 0 aliphatic heterocycles. The van der Waals surface area contributed by atoms with Crippen molar-refractivity contribution in [1.29, 1.82) is 0 Å². The smallest absolute Gasteiger partial charge is 0.332 e. The van der Waals surface area contributed by atoms with Crippen molar-refractivity contribution in [3.63, 3.8) is 0 Å². The van der Waals surface area contributed by atoms with Gasteiger partial charge in [0.2, 0.25) is 10.0 Å². The van der Waals surface area contributed by atoms with Gasteiger partial charge in [0.15, 0.2) is 5.11 Å². The first-order valence-electron chi connectivity index (χ1n) is 10.6. The van der Waals surface area contributed by atoms with Crippen LogP contribution in [-0.4, -0.2) is 36.8 Å². The van der Waals surface area contributed by atoms with E-state index in [0.29, 0.717) is 38.1 Å². The summed E-state index contributed by atoms with van der Waals surface area (Å²) >= 11 is 4.85. The number of benzene rings is 2. The molecule has 0 bridgehead atoms. The molecule has 0 atom stereocenters. The Hall–Kier alpha value is -2.71. The number of thiocarbonyl (C=S) groups is 1. The van der Waals surface area contributed by atoms with Crippen LogP contribution in [0.5, 0.6) is 0 Å². The van der Waals surface area contributed by atoms with Gasteiger partial charge in [0.25, 0.3) is 5.91 Å². The third-order valence-electron chi connectivity index (χ3n) is 4.77. The third kappa shape index (κ3) is 7.64. The number of hydrogen-bond acceptors (Lipinski definition) is 4. The van der Waals surface area contributed by atoms with Gasteiger partial charge in [0, 0.05) is 24.3 Å². The lowest BCUT2D eigenvalue weighted by Crippen LogP contribution is -2.34. The van der Waals surface area contributed by atoms with E-state index in [4.69, 9.17) is 12.2 Å². The molecule has 2 aromatic rings. The van der Waals surface area contributed by atoms with Gasteiger partial charge in [-0.3, -0.25) is 10.1 Å². The normalized spacial score (nSPS) is 12.5. The summed E-state index contributed by atoms with van der Waals surface area (Å²) in [5.74, 6) is -0.849. The SMILES string of the molecule is CCCN(CCC)S(=O)(=O)c1ccc(C(=O)NC(=S)Nc2cc(C(F)(F)F)cc(C(F)(F)F)c2)cc1. The molecule has 0 radical (unpaired) electrons. The number of hydrogen-bond donors (Lipinski definition) is 2. The number of sulfonamides is 1. The third-order valence-corrected chi connectivity index (χ3v) is 6.89. The van der Waals surface area contributed by atoms with Crippen LogP contribution in [0, 0.1) is 0 Å². The molecule has 2 rings (SSSR count). The Morgan fingerprint density at radius 1 is 0.889 bits per heavy atom. The molecule has 36 heavy (non-hydrogen) atoms. The summed E-state index contributed by atoms with van der Waals surface area (Å²) in [4.78, 5) is 12.4. The van der Waals surface area contributed by atoms with Crippen LogP contribution >= 0.6 is 12.2 Å². The molecule has 0 unspecified atom stereocenters. The average molecular weight is 556 g/mol. The Bertz CT molecular complexity index is 1160. The summed E-state index contributed by atoms with van der Waals surface area (Å²) in [6.45, 7) is 4.32. The second-order valence-electron chi connectivity index (χ2n) is 7.63. The fourth-order valence-corrected chi connectivity index (χ4v) is 4.98. The highest BCUT2D eigenvalue weighted by Crippen LogP contribution is 2.37. The van der Waals surface area contributed by atoms with Crippen molar-refractivity contribution >= 4 is 38.9 Å². The first kappa shape index (κ1) is 29.5. The second kappa shape index (κ2) is 11.6. The highest BCUT2D eigenvalue weighted by atomic mass is 32.2. The van der Waals surface area contributed by atoms with Crippen molar-refractivity contribution in [3.8, 4) is 0 Å². The minimum Gasteiger partial charge on any atom is -0.332 e. The van der Waals surface area contributed by atoms with Crippen LogP contribution in [0.2, 0.25) is 0 Å². The van der Waals surface area contributed by atoms with Gasteiger partial charge < -0.3 is 5.32 Å². The van der Waals surface area contributed by atoms with Gasteiger partial charge in [-0.15, -0.1) is 0 Å². The predicted molar refractivity (Wildman–Crippen MR) is 126 cm³/mol. The van der Waals surface area contributed by atoms with Crippen molar-refractivity contribution in [2.24, 2.45) is 0 Å². The molecule has 0 aromatic heterocycles. The van der Waals surface area contributed by atoms with E-state index in [1.807, 2.05) is 13.8 Å². The fourth-order valence-electron chi connectivity index (χ4n) is 3.14. The zero-order valence-corrected chi connectivity index (χ0v) is 20.8. The van der Waals surface area contributed by atoms with E-state index in [-0.39, 0.29) is 16.5 Å². The van der Waals surface area contributed by atoms with E-state index in [9.17, 15) is 39.6 Å². The predicted octanol–water partition coefficient (Wildman–Crippen LogP) is 5.66. The highest BCUT2D eigenvalue weighted by molar-refractivity contribution is 7.89. The first-order chi connectivity index (χ1) is 16.6. The lowest BCUT2D eigenvalue weighted by atomic mass is 10.1. The number of alkyl halides is 6. The Balaban J connectivity index is 2.18. The summed E-state index contributed by atoms with van der Waals surface area (Å²) < 4.78 is 105. The lowest BCUT2D eigenvalue weighted by Gasteiger charge is -2.21. The molecule has 0 heterocycles. The number of halogens is 6. The van der Waals surface area contributed by atoms with Crippen molar-refractivity contribution in [1.82, 2.24) is 9.62 Å². The van der Waals surface area contributed by atoms with Gasteiger partial charge in [0.1, 0.15) is 0 Å². The molecule has 0 saturated carbocycles. The van der Waals surface area contributed by atoms with Crippen LogP contribution in [0.3, 0.4) is 0 Å². The summed E-state index contributed by atoms with van der Waals surface area (Å²) in [5.41, 5.74) is -3.76. The second-order valence-corrected chi connectivity index (χ2v) is 9.98. The van der Waals surface area contributed by atoms with Crippen LogP contribution in [-0.2, 0) is 22.4 Å². The van der Waals surface area contributed by atoms with Gasteiger partial charge in [0.05, 0.1) is 16.0 Å². The number of anilines is 1. The number of rotatable bonds is 8. The topological polar surface area (TPSA) is 78.5 Å². The van der Waals surface area contributed by atoms with Crippen LogP contribution in [0.1, 0.15) is 48.2 Å². The van der Waals surface area contributed by atoms with E-state index in [1.54, 1.807) is 0 Å². The molecule has 6 nitrogen and oxygen atoms in total. The number of nitrogens with one attached hydrogen (secondary N) is 2. The minimum atomic E-state index is -5.05. The van der Waals surface area contributed by atoms with Crippen molar-refractivity contribution in [3.05, 3.63) is 59.2 Å². The average Bonchev–Trinajstić information content (AvgIpc) is 2.77. The van der Waals surface area contributed by atoms with Gasteiger partial charge in [-0.25, -0.2) is 8.42 Å². The summed E-state index contributed by atoms with van der Waals surface area (Å²) in [6.07, 6.45) is -8.87. The minimum absolute atomic E-state index is 0.0318. The standard InChI is InChI=1S/C22H23F6N3O3S2/c1-3-9-31(10-4-2)36(33,34)18-7-5-14(6-8-18)19(32)30-20(35)29-17-12-15(21(23,24)25)11-16(13-17)22(26,27)28/h5-8,11-13H,3-4,9-10H2,1-2H3,(H2,29,30,32,35). The molecule has 2 aromatic carbocycles. The summed E-state index contributed by atoms with van der Waals surface area (Å²) in [6, 6.07) is 5.69. The molecule has 0 aliphatic rings. The van der Waals surface area contributed by atoms with Crippen LogP contribution in [0.15, 0.2) is 47.4 Å². The maximum Gasteiger partial charge on any atom is 0.416 e. The number of carbonyl (C=O) groups excluding carboxylic acids is 1. The first-order valence-corrected chi connectivity index (χ1v) is 12.5. The Kier molecular flexibility index (Phi) is 9.48. The zero-order chi connectivity index (χ0) is 27.3. The van der Waals surface area contributed by atoms with E-state index >= 15 is 0 Å².